The molecule has 0 aliphatic carbocycles. The summed E-state index contributed by atoms with van der Waals surface area (Å²) in [7, 11) is -3.56. The van der Waals surface area contributed by atoms with Crippen LogP contribution in [0.2, 0.25) is 0 Å². The van der Waals surface area contributed by atoms with Gasteiger partial charge in [-0.3, -0.25) is 0 Å². The summed E-state index contributed by atoms with van der Waals surface area (Å²) in [5, 5.41) is 0. The van der Waals surface area contributed by atoms with Gasteiger partial charge < -0.3 is 17.7 Å². The largest absolute Gasteiger partial charge is 0.396 e. The van der Waals surface area contributed by atoms with Gasteiger partial charge in [-0.1, -0.05) is 40.5 Å². The SMILES string of the molecule is CCCCO[SiH](OCCCC)[SiH](OCCC)OCCC. The van der Waals surface area contributed by atoms with E-state index in [-0.39, 0.29) is 0 Å². The van der Waals surface area contributed by atoms with Crippen LogP contribution >= 0.6 is 0 Å². The summed E-state index contributed by atoms with van der Waals surface area (Å²) in [4.78, 5) is 0. The summed E-state index contributed by atoms with van der Waals surface area (Å²) in [5.74, 6) is 0. The van der Waals surface area contributed by atoms with Gasteiger partial charge in [-0.05, 0) is 25.7 Å². The fourth-order valence-corrected chi connectivity index (χ4v) is 7.64. The van der Waals surface area contributed by atoms with Crippen LogP contribution in [-0.4, -0.2) is 44.0 Å². The topological polar surface area (TPSA) is 36.9 Å². The van der Waals surface area contributed by atoms with Crippen LogP contribution in [0, 0.1) is 0 Å². The highest BCUT2D eigenvalue weighted by Crippen LogP contribution is 2.05. The Bertz CT molecular complexity index is 178. The van der Waals surface area contributed by atoms with Crippen LogP contribution in [-0.2, 0) is 17.7 Å². The molecule has 0 atom stereocenters. The maximum atomic E-state index is 6.01. The summed E-state index contributed by atoms with van der Waals surface area (Å²) in [6, 6.07) is 0. The lowest BCUT2D eigenvalue weighted by atomic mass is 10.4. The van der Waals surface area contributed by atoms with Crippen molar-refractivity contribution in [3.05, 3.63) is 0 Å². The Balaban J connectivity index is 4.33. The molecule has 0 aromatic rings. The van der Waals surface area contributed by atoms with E-state index < -0.39 is 17.6 Å². The van der Waals surface area contributed by atoms with Gasteiger partial charge in [-0.25, -0.2) is 0 Å². The molecule has 0 amide bonds. The van der Waals surface area contributed by atoms with Crippen LogP contribution in [0.3, 0.4) is 0 Å². The molecule has 0 heterocycles. The Morgan fingerprint density at radius 2 is 0.850 bits per heavy atom. The second-order valence-corrected chi connectivity index (χ2v) is 11.0. The van der Waals surface area contributed by atoms with Crippen LogP contribution < -0.4 is 0 Å². The van der Waals surface area contributed by atoms with E-state index in [1.54, 1.807) is 0 Å². The minimum atomic E-state index is -1.78. The summed E-state index contributed by atoms with van der Waals surface area (Å²) >= 11 is 0. The summed E-state index contributed by atoms with van der Waals surface area (Å²) < 4.78 is 23.9. The number of unbranched alkanes of at least 4 members (excludes halogenated alkanes) is 2. The first kappa shape index (κ1) is 20.3. The van der Waals surface area contributed by atoms with Gasteiger partial charge in [0.05, 0.1) is 0 Å². The van der Waals surface area contributed by atoms with E-state index in [4.69, 9.17) is 17.7 Å². The highest BCUT2D eigenvalue weighted by molar-refractivity contribution is 7.10. The monoisotopic (exact) mass is 322 g/mol. The van der Waals surface area contributed by atoms with Gasteiger partial charge in [-0.15, -0.1) is 0 Å². The maximum Gasteiger partial charge on any atom is 0.364 e. The molecule has 4 nitrogen and oxygen atoms in total. The first-order chi connectivity index (χ1) is 9.79. The lowest BCUT2D eigenvalue weighted by Crippen LogP contribution is -2.46. The predicted molar refractivity (Wildman–Crippen MR) is 88.5 cm³/mol. The van der Waals surface area contributed by atoms with E-state index in [1.165, 1.54) is 0 Å². The molecule has 122 valence electrons. The van der Waals surface area contributed by atoms with Crippen LogP contribution in [0.4, 0.5) is 0 Å². The van der Waals surface area contributed by atoms with Crippen molar-refractivity contribution in [2.24, 2.45) is 0 Å². The van der Waals surface area contributed by atoms with Crippen LogP contribution in [0.5, 0.6) is 0 Å². The van der Waals surface area contributed by atoms with E-state index in [0.29, 0.717) is 0 Å². The molecule has 0 aromatic carbocycles. The highest BCUT2D eigenvalue weighted by atomic mass is 29.2. The zero-order valence-electron chi connectivity index (χ0n) is 13.9. The standard InChI is InChI=1S/C14H34O4Si2/c1-5-9-13-17-20(18-14-10-6-2)19(15-11-7-3)16-12-8-4/h19-20H,5-14H2,1-4H3. The van der Waals surface area contributed by atoms with Crippen molar-refractivity contribution in [1.29, 1.82) is 0 Å². The van der Waals surface area contributed by atoms with E-state index in [1.807, 2.05) is 0 Å². The molecule has 6 heteroatoms. The Hall–Kier alpha value is 0.274. The summed E-state index contributed by atoms with van der Waals surface area (Å²) in [6.45, 7) is 11.7. The molecule has 0 bridgehead atoms. The van der Waals surface area contributed by atoms with Crippen LogP contribution in [0.25, 0.3) is 0 Å². The van der Waals surface area contributed by atoms with Gasteiger partial charge in [0.15, 0.2) is 0 Å². The zero-order chi connectivity index (χ0) is 15.1. The van der Waals surface area contributed by atoms with Gasteiger partial charge in [0.1, 0.15) is 0 Å². The molecule has 0 aromatic heterocycles. The van der Waals surface area contributed by atoms with Crippen molar-refractivity contribution < 1.29 is 17.7 Å². The maximum absolute atomic E-state index is 6.01. The van der Waals surface area contributed by atoms with Crippen molar-refractivity contribution in [3.8, 4) is 0 Å². The van der Waals surface area contributed by atoms with Gasteiger partial charge in [0.25, 0.3) is 0 Å². The van der Waals surface area contributed by atoms with E-state index in [9.17, 15) is 0 Å². The molecule has 0 unspecified atom stereocenters. The predicted octanol–water partition coefficient (Wildman–Crippen LogP) is 2.99. The van der Waals surface area contributed by atoms with Crippen molar-refractivity contribution >= 4 is 17.6 Å². The Labute approximate surface area is 128 Å². The molecule has 0 rings (SSSR count). The third kappa shape index (κ3) is 11.0. The van der Waals surface area contributed by atoms with E-state index in [2.05, 4.69) is 27.7 Å². The van der Waals surface area contributed by atoms with E-state index >= 15 is 0 Å². The minimum absolute atomic E-state index is 0.762. The molecular weight excluding hydrogens is 288 g/mol. The molecule has 0 aliphatic rings. The average Bonchev–Trinajstić information content (AvgIpc) is 2.46. The molecular formula is C14H34O4Si2. The van der Waals surface area contributed by atoms with Gasteiger partial charge in [-0.2, -0.15) is 0 Å². The van der Waals surface area contributed by atoms with Crippen molar-refractivity contribution in [3.63, 3.8) is 0 Å². The highest BCUT2D eigenvalue weighted by Gasteiger charge is 2.31. The molecule has 20 heavy (non-hydrogen) atoms. The normalized spacial score (nSPS) is 11.7. The van der Waals surface area contributed by atoms with E-state index in [0.717, 1.165) is 65.0 Å². The molecule has 0 aliphatic heterocycles. The fourth-order valence-electron chi connectivity index (χ4n) is 1.57. The summed E-state index contributed by atoms with van der Waals surface area (Å²) in [5.41, 5.74) is 0. The third-order valence-electron chi connectivity index (χ3n) is 2.75. The van der Waals surface area contributed by atoms with Crippen LogP contribution in [0.1, 0.15) is 66.2 Å². The Morgan fingerprint density at radius 1 is 0.500 bits per heavy atom. The van der Waals surface area contributed by atoms with Gasteiger partial charge >= 0.3 is 17.6 Å². The zero-order valence-corrected chi connectivity index (χ0v) is 16.2. The lowest BCUT2D eigenvalue weighted by Gasteiger charge is -2.24. The third-order valence-corrected chi connectivity index (χ3v) is 9.10. The second-order valence-electron chi connectivity index (χ2n) is 4.93. The minimum Gasteiger partial charge on any atom is -0.396 e. The quantitative estimate of drug-likeness (QED) is 0.343. The molecule has 0 radical (unpaired) electrons. The molecule has 0 fully saturated rings. The van der Waals surface area contributed by atoms with Gasteiger partial charge in [0.2, 0.25) is 0 Å². The fraction of sp³-hybridized carbons (Fsp3) is 1.00. The van der Waals surface area contributed by atoms with Crippen molar-refractivity contribution in [2.45, 2.75) is 66.2 Å². The first-order valence-corrected chi connectivity index (χ1v) is 12.8. The molecule has 0 spiro atoms. The molecule has 0 saturated heterocycles. The molecule has 0 saturated carbocycles. The Morgan fingerprint density at radius 3 is 1.15 bits per heavy atom. The smallest absolute Gasteiger partial charge is 0.364 e. The number of rotatable bonds is 15. The van der Waals surface area contributed by atoms with Crippen molar-refractivity contribution in [1.82, 2.24) is 0 Å². The lowest BCUT2D eigenvalue weighted by molar-refractivity contribution is 0.163. The Kier molecular flexibility index (Phi) is 15.9. The number of hydrogen-bond donors (Lipinski definition) is 0. The van der Waals surface area contributed by atoms with Crippen molar-refractivity contribution in [2.75, 3.05) is 26.4 Å². The first-order valence-electron chi connectivity index (χ1n) is 8.26. The number of hydrogen-bond acceptors (Lipinski definition) is 4. The summed E-state index contributed by atoms with van der Waals surface area (Å²) in [6.07, 6.45) is 6.50. The van der Waals surface area contributed by atoms with Gasteiger partial charge in [0, 0.05) is 26.4 Å². The molecule has 0 N–H and O–H groups in total. The second kappa shape index (κ2) is 15.7. The average molecular weight is 323 g/mol. The van der Waals surface area contributed by atoms with Crippen LogP contribution in [0.15, 0.2) is 0 Å².